The molecule has 3 rings (SSSR count). The molecule has 2 fully saturated rings. The Balaban J connectivity index is 2.10. The van der Waals surface area contributed by atoms with Crippen molar-refractivity contribution in [2.45, 2.75) is 37.4 Å². The fraction of sp³-hybridized carbons (Fsp3) is 0.615. The van der Waals surface area contributed by atoms with Gasteiger partial charge in [-0.05, 0) is 44.2 Å². The van der Waals surface area contributed by atoms with Crippen LogP contribution in [0.15, 0.2) is 18.5 Å². The van der Waals surface area contributed by atoms with Gasteiger partial charge in [0, 0.05) is 23.5 Å². The van der Waals surface area contributed by atoms with Crippen LogP contribution in [0.5, 0.6) is 0 Å². The molecule has 1 unspecified atom stereocenters. The Morgan fingerprint density at radius 2 is 2.11 bits per heavy atom. The molecule has 0 bridgehead atoms. The van der Waals surface area contributed by atoms with Gasteiger partial charge in [-0.2, -0.15) is 13.2 Å². The van der Waals surface area contributed by atoms with Gasteiger partial charge in [-0.25, -0.2) is 0 Å². The van der Waals surface area contributed by atoms with Gasteiger partial charge in [-0.15, -0.1) is 0 Å². The Hall–Kier alpha value is -1.10. The number of aromatic nitrogens is 1. The predicted octanol–water partition coefficient (Wildman–Crippen LogP) is 3.09. The highest BCUT2D eigenvalue weighted by molar-refractivity contribution is 5.36. The molecule has 2 aliphatic rings. The summed E-state index contributed by atoms with van der Waals surface area (Å²) in [7, 11) is 0. The Labute approximate surface area is 104 Å². The highest BCUT2D eigenvalue weighted by Crippen LogP contribution is 2.52. The SMILES string of the molecule is FC(F)(F)c1ccncc1C1(C2CC2)CCCN1. The number of halogens is 3. The molecule has 1 saturated carbocycles. The van der Waals surface area contributed by atoms with E-state index in [9.17, 15) is 13.2 Å². The molecule has 5 heteroatoms. The van der Waals surface area contributed by atoms with Gasteiger partial charge in [0.2, 0.25) is 0 Å². The molecular weight excluding hydrogens is 241 g/mol. The van der Waals surface area contributed by atoms with Gasteiger partial charge in [-0.3, -0.25) is 4.98 Å². The topological polar surface area (TPSA) is 24.9 Å². The molecule has 18 heavy (non-hydrogen) atoms. The second-order valence-electron chi connectivity index (χ2n) is 5.19. The van der Waals surface area contributed by atoms with Crippen LogP contribution in [0.25, 0.3) is 0 Å². The zero-order valence-corrected chi connectivity index (χ0v) is 9.93. The second-order valence-corrected chi connectivity index (χ2v) is 5.19. The van der Waals surface area contributed by atoms with Gasteiger partial charge in [-0.1, -0.05) is 0 Å². The molecule has 2 nitrogen and oxygen atoms in total. The monoisotopic (exact) mass is 256 g/mol. The summed E-state index contributed by atoms with van der Waals surface area (Å²) in [4.78, 5) is 3.92. The van der Waals surface area contributed by atoms with Crippen LogP contribution in [0.2, 0.25) is 0 Å². The van der Waals surface area contributed by atoms with Crippen molar-refractivity contribution in [3.8, 4) is 0 Å². The van der Waals surface area contributed by atoms with Crippen molar-refractivity contribution in [3.63, 3.8) is 0 Å². The predicted molar refractivity (Wildman–Crippen MR) is 60.9 cm³/mol. The van der Waals surface area contributed by atoms with E-state index in [4.69, 9.17) is 0 Å². The number of nitrogens with zero attached hydrogens (tertiary/aromatic N) is 1. The Morgan fingerprint density at radius 1 is 1.33 bits per heavy atom. The summed E-state index contributed by atoms with van der Waals surface area (Å²) in [5.74, 6) is 0.338. The van der Waals surface area contributed by atoms with Crippen molar-refractivity contribution in [3.05, 3.63) is 29.6 Å². The smallest absolute Gasteiger partial charge is 0.307 e. The molecule has 0 amide bonds. The first-order valence-corrected chi connectivity index (χ1v) is 6.31. The van der Waals surface area contributed by atoms with E-state index in [1.54, 1.807) is 0 Å². The Morgan fingerprint density at radius 3 is 2.67 bits per heavy atom. The van der Waals surface area contributed by atoms with Gasteiger partial charge >= 0.3 is 6.18 Å². The molecule has 1 atom stereocenters. The largest absolute Gasteiger partial charge is 0.416 e. The summed E-state index contributed by atoms with van der Waals surface area (Å²) in [5, 5.41) is 3.32. The lowest BCUT2D eigenvalue weighted by Crippen LogP contribution is -2.40. The summed E-state index contributed by atoms with van der Waals surface area (Å²) < 4.78 is 39.3. The first kappa shape index (κ1) is 12.0. The maximum absolute atomic E-state index is 13.1. The number of alkyl halides is 3. The van der Waals surface area contributed by atoms with E-state index in [1.165, 1.54) is 12.4 Å². The molecule has 1 N–H and O–H groups in total. The highest BCUT2D eigenvalue weighted by Gasteiger charge is 2.51. The van der Waals surface area contributed by atoms with Crippen molar-refractivity contribution in [2.75, 3.05) is 6.54 Å². The normalized spacial score (nSPS) is 28.6. The van der Waals surface area contributed by atoms with Crippen LogP contribution in [0.1, 0.15) is 36.8 Å². The van der Waals surface area contributed by atoms with E-state index >= 15 is 0 Å². The standard InChI is InChI=1S/C13H15F3N2/c14-13(15,16)10-4-7-17-8-11(10)12(9-2-3-9)5-1-6-18-12/h4,7-9,18H,1-3,5-6H2. The summed E-state index contributed by atoms with van der Waals surface area (Å²) >= 11 is 0. The number of rotatable bonds is 2. The van der Waals surface area contributed by atoms with Crippen LogP contribution >= 0.6 is 0 Å². The third-order valence-electron chi connectivity index (χ3n) is 4.07. The maximum atomic E-state index is 13.1. The molecule has 98 valence electrons. The quantitative estimate of drug-likeness (QED) is 0.879. The van der Waals surface area contributed by atoms with Crippen molar-refractivity contribution >= 4 is 0 Å². The summed E-state index contributed by atoms with van der Waals surface area (Å²) in [5.41, 5.74) is -0.671. The molecule has 0 radical (unpaired) electrons. The third-order valence-corrected chi connectivity index (χ3v) is 4.07. The van der Waals surface area contributed by atoms with Crippen LogP contribution in [-0.4, -0.2) is 11.5 Å². The minimum absolute atomic E-state index is 0.338. The number of nitrogens with one attached hydrogen (secondary N) is 1. The average Bonchev–Trinajstić information content (AvgIpc) is 3.07. The van der Waals surface area contributed by atoms with Gasteiger partial charge < -0.3 is 5.32 Å². The zero-order valence-electron chi connectivity index (χ0n) is 9.93. The minimum atomic E-state index is -4.30. The van der Waals surface area contributed by atoms with E-state index < -0.39 is 17.3 Å². The molecule has 0 spiro atoms. The lowest BCUT2D eigenvalue weighted by molar-refractivity contribution is -0.139. The Kier molecular flexibility index (Phi) is 2.62. The summed E-state index contributed by atoms with van der Waals surface area (Å²) in [6.45, 7) is 0.794. The summed E-state index contributed by atoms with van der Waals surface area (Å²) in [6.07, 6.45) is 2.07. The van der Waals surface area contributed by atoms with Crippen LogP contribution in [0.3, 0.4) is 0 Å². The fourth-order valence-corrected chi connectivity index (χ4v) is 3.14. The van der Waals surface area contributed by atoms with Crippen molar-refractivity contribution in [2.24, 2.45) is 5.92 Å². The number of hydrogen-bond acceptors (Lipinski definition) is 2. The molecule has 1 saturated heterocycles. The van der Waals surface area contributed by atoms with Crippen molar-refractivity contribution in [1.82, 2.24) is 10.3 Å². The Bertz CT molecular complexity index is 446. The molecule has 1 aliphatic heterocycles. The van der Waals surface area contributed by atoms with Crippen LogP contribution in [0, 0.1) is 5.92 Å². The molecule has 1 aromatic heterocycles. The molecule has 2 heterocycles. The van der Waals surface area contributed by atoms with Gasteiger partial charge in [0.05, 0.1) is 5.56 Å². The van der Waals surface area contributed by atoms with E-state index in [0.29, 0.717) is 11.5 Å². The van der Waals surface area contributed by atoms with Gasteiger partial charge in [0.1, 0.15) is 0 Å². The second kappa shape index (κ2) is 3.95. The molecule has 1 aromatic rings. The van der Waals surface area contributed by atoms with E-state index in [2.05, 4.69) is 10.3 Å². The van der Waals surface area contributed by atoms with Crippen LogP contribution < -0.4 is 5.32 Å². The summed E-state index contributed by atoms with van der Waals surface area (Å²) in [6, 6.07) is 1.10. The minimum Gasteiger partial charge on any atom is -0.307 e. The maximum Gasteiger partial charge on any atom is 0.416 e. The van der Waals surface area contributed by atoms with Crippen molar-refractivity contribution in [1.29, 1.82) is 0 Å². The zero-order chi connectivity index (χ0) is 12.8. The van der Waals surface area contributed by atoms with Gasteiger partial charge in [0.15, 0.2) is 0 Å². The first-order chi connectivity index (χ1) is 8.54. The number of hydrogen-bond donors (Lipinski definition) is 1. The van der Waals surface area contributed by atoms with E-state index in [-0.39, 0.29) is 0 Å². The lowest BCUT2D eigenvalue weighted by Gasteiger charge is -2.32. The van der Waals surface area contributed by atoms with Crippen LogP contribution in [0.4, 0.5) is 13.2 Å². The molecule has 0 aromatic carbocycles. The van der Waals surface area contributed by atoms with E-state index in [0.717, 1.165) is 38.3 Å². The van der Waals surface area contributed by atoms with Crippen LogP contribution in [-0.2, 0) is 11.7 Å². The first-order valence-electron chi connectivity index (χ1n) is 6.31. The fourth-order valence-electron chi connectivity index (χ4n) is 3.14. The highest BCUT2D eigenvalue weighted by atomic mass is 19.4. The third kappa shape index (κ3) is 1.81. The van der Waals surface area contributed by atoms with Gasteiger partial charge in [0.25, 0.3) is 0 Å². The van der Waals surface area contributed by atoms with E-state index in [1.807, 2.05) is 0 Å². The molecular formula is C13H15F3N2. The molecule has 1 aliphatic carbocycles. The average molecular weight is 256 g/mol. The van der Waals surface area contributed by atoms with Crippen molar-refractivity contribution < 1.29 is 13.2 Å². The number of pyridine rings is 1. The lowest BCUT2D eigenvalue weighted by atomic mass is 9.82.